The molecule has 0 N–H and O–H groups in total. The number of rotatable bonds is 12. The summed E-state index contributed by atoms with van der Waals surface area (Å²) in [5.41, 5.74) is 8.33. The molecule has 1 atom stereocenters. The van der Waals surface area contributed by atoms with Crippen molar-refractivity contribution in [2.24, 2.45) is 5.92 Å². The molecule has 2 rings (SSSR count). The number of hydrogen-bond acceptors (Lipinski definition) is 3. The maximum absolute atomic E-state index is 5.76. The van der Waals surface area contributed by atoms with Crippen LogP contribution in [-0.4, -0.2) is 14.2 Å². The number of nitrogens with zero attached hydrogens (tertiary/aromatic N) is 1. The van der Waals surface area contributed by atoms with Gasteiger partial charge in [-0.3, -0.25) is 0 Å². The molecule has 0 fully saturated rings. The summed E-state index contributed by atoms with van der Waals surface area (Å²) in [4.78, 5) is 2.27. The molecule has 0 aliphatic carbocycles. The lowest BCUT2D eigenvalue weighted by molar-refractivity contribution is 0.386. The minimum Gasteiger partial charge on any atom is -0.496 e. The summed E-state index contributed by atoms with van der Waals surface area (Å²) in [6.07, 6.45) is 13.1. The Bertz CT molecular complexity index is 1040. The van der Waals surface area contributed by atoms with Gasteiger partial charge in [-0.2, -0.15) is 0 Å². The SMILES string of the molecule is CC/C=C/C(=C\C(C)CC)c1ccc(N(/C=C(/C)CC)c2cc(OC)c(CC)c(OC)c2)c(C)c1. The first kappa shape index (κ1) is 28.3. The van der Waals surface area contributed by atoms with Crippen LogP contribution in [0.4, 0.5) is 11.4 Å². The highest BCUT2D eigenvalue weighted by Gasteiger charge is 2.17. The number of methoxy groups -OCH3 is 2. The number of anilines is 2. The van der Waals surface area contributed by atoms with E-state index in [1.165, 1.54) is 22.3 Å². The van der Waals surface area contributed by atoms with Gasteiger partial charge in [0.05, 0.1) is 19.9 Å². The average Bonchev–Trinajstić information content (AvgIpc) is 2.88. The Labute approximate surface area is 214 Å². The normalized spacial score (nSPS) is 13.3. The minimum atomic E-state index is 0.537. The molecule has 2 aromatic carbocycles. The Balaban J connectivity index is 2.68. The molecule has 0 aliphatic rings. The number of benzene rings is 2. The molecule has 1 unspecified atom stereocenters. The van der Waals surface area contributed by atoms with Gasteiger partial charge in [-0.1, -0.05) is 70.9 Å². The topological polar surface area (TPSA) is 21.7 Å². The Morgan fingerprint density at radius 3 is 2.14 bits per heavy atom. The fourth-order valence-electron chi connectivity index (χ4n) is 4.08. The fraction of sp³-hybridized carbons (Fsp3) is 0.438. The zero-order valence-corrected chi connectivity index (χ0v) is 23.4. The van der Waals surface area contributed by atoms with Gasteiger partial charge in [0.1, 0.15) is 11.5 Å². The zero-order valence-electron chi connectivity index (χ0n) is 23.4. The lowest BCUT2D eigenvalue weighted by Gasteiger charge is -2.26. The minimum absolute atomic E-state index is 0.537. The third-order valence-corrected chi connectivity index (χ3v) is 6.56. The Hall–Kier alpha value is -2.94. The molecule has 0 spiro atoms. The van der Waals surface area contributed by atoms with Crippen LogP contribution in [0.2, 0.25) is 0 Å². The molecule has 0 heterocycles. The number of hydrogen-bond donors (Lipinski definition) is 0. The van der Waals surface area contributed by atoms with E-state index in [4.69, 9.17) is 9.47 Å². The number of allylic oxidation sites excluding steroid dienone is 5. The highest BCUT2D eigenvalue weighted by molar-refractivity contribution is 5.79. The Morgan fingerprint density at radius 1 is 1.00 bits per heavy atom. The van der Waals surface area contributed by atoms with Crippen LogP contribution in [-0.2, 0) is 6.42 Å². The van der Waals surface area contributed by atoms with Crippen molar-refractivity contribution in [2.75, 3.05) is 19.1 Å². The standard InChI is InChI=1S/C32H45NO2/c1-10-14-15-26(18-23(5)11-2)27-16-17-30(25(7)19-27)33(22-24(6)12-3)28-20-31(34-8)29(13-4)32(21-28)35-9/h14-23H,10-13H2,1-9H3/b15-14+,24-22-,26-18+. The Morgan fingerprint density at radius 2 is 1.66 bits per heavy atom. The van der Waals surface area contributed by atoms with E-state index in [-0.39, 0.29) is 0 Å². The highest BCUT2D eigenvalue weighted by atomic mass is 16.5. The van der Waals surface area contributed by atoms with Gasteiger partial charge in [0, 0.05) is 29.6 Å². The van der Waals surface area contributed by atoms with Gasteiger partial charge in [0.15, 0.2) is 0 Å². The highest BCUT2D eigenvalue weighted by Crippen LogP contribution is 2.39. The summed E-state index contributed by atoms with van der Waals surface area (Å²) < 4.78 is 11.5. The number of aryl methyl sites for hydroxylation is 1. The van der Waals surface area contributed by atoms with Crippen molar-refractivity contribution in [1.29, 1.82) is 0 Å². The van der Waals surface area contributed by atoms with Crippen LogP contribution in [0.1, 0.15) is 77.5 Å². The maximum atomic E-state index is 5.76. The molecule has 3 nitrogen and oxygen atoms in total. The van der Waals surface area contributed by atoms with Gasteiger partial charge in [-0.25, -0.2) is 0 Å². The summed E-state index contributed by atoms with van der Waals surface area (Å²) in [6, 6.07) is 11.0. The van der Waals surface area contributed by atoms with Crippen LogP contribution in [0.25, 0.3) is 5.57 Å². The zero-order chi connectivity index (χ0) is 26.0. The summed E-state index contributed by atoms with van der Waals surface area (Å²) >= 11 is 0. The van der Waals surface area contributed by atoms with Crippen molar-refractivity contribution < 1.29 is 9.47 Å². The van der Waals surface area contributed by atoms with E-state index in [0.717, 1.165) is 54.1 Å². The molecule has 3 heteroatoms. The molecule has 0 radical (unpaired) electrons. The van der Waals surface area contributed by atoms with Crippen LogP contribution in [0, 0.1) is 12.8 Å². The molecule has 0 aliphatic heterocycles. The van der Waals surface area contributed by atoms with E-state index in [9.17, 15) is 0 Å². The predicted octanol–water partition coefficient (Wildman–Crippen LogP) is 9.42. The van der Waals surface area contributed by atoms with E-state index < -0.39 is 0 Å². The molecule has 0 bridgehead atoms. The van der Waals surface area contributed by atoms with E-state index in [1.807, 2.05) is 0 Å². The van der Waals surface area contributed by atoms with Crippen LogP contribution < -0.4 is 14.4 Å². The second kappa shape index (κ2) is 13.8. The molecule has 0 aromatic heterocycles. The van der Waals surface area contributed by atoms with Crippen LogP contribution in [0.5, 0.6) is 11.5 Å². The predicted molar refractivity (Wildman–Crippen MR) is 153 cm³/mol. The molecule has 0 amide bonds. The van der Waals surface area contributed by atoms with E-state index in [0.29, 0.717) is 5.92 Å². The first-order valence-electron chi connectivity index (χ1n) is 13.0. The molecule has 0 saturated carbocycles. The quantitative estimate of drug-likeness (QED) is 0.285. The van der Waals surface area contributed by atoms with Crippen molar-refractivity contribution in [3.8, 4) is 11.5 Å². The first-order chi connectivity index (χ1) is 16.8. The van der Waals surface area contributed by atoms with Crippen molar-refractivity contribution in [2.45, 2.75) is 74.1 Å². The smallest absolute Gasteiger partial charge is 0.127 e. The van der Waals surface area contributed by atoms with Gasteiger partial charge in [-0.05, 0) is 67.9 Å². The fourth-order valence-corrected chi connectivity index (χ4v) is 4.08. The van der Waals surface area contributed by atoms with Crippen molar-refractivity contribution >= 4 is 16.9 Å². The molecule has 2 aromatic rings. The van der Waals surface area contributed by atoms with Gasteiger partial charge >= 0.3 is 0 Å². The summed E-state index contributed by atoms with van der Waals surface area (Å²) in [6.45, 7) is 15.4. The Kier molecular flexibility index (Phi) is 11.2. The molecule has 35 heavy (non-hydrogen) atoms. The second-order valence-electron chi connectivity index (χ2n) is 9.20. The van der Waals surface area contributed by atoms with E-state index >= 15 is 0 Å². The summed E-state index contributed by atoms with van der Waals surface area (Å²) in [5, 5.41) is 0. The lowest BCUT2D eigenvalue weighted by atomic mass is 9.96. The van der Waals surface area contributed by atoms with Gasteiger partial charge in [0.2, 0.25) is 0 Å². The van der Waals surface area contributed by atoms with Crippen LogP contribution in [0.3, 0.4) is 0 Å². The second-order valence-corrected chi connectivity index (χ2v) is 9.20. The number of ether oxygens (including phenoxy) is 2. The summed E-state index contributed by atoms with van der Waals surface area (Å²) in [5.74, 6) is 2.24. The first-order valence-corrected chi connectivity index (χ1v) is 13.0. The van der Waals surface area contributed by atoms with E-state index in [1.54, 1.807) is 14.2 Å². The lowest BCUT2D eigenvalue weighted by Crippen LogP contribution is -2.12. The van der Waals surface area contributed by atoms with Crippen molar-refractivity contribution in [1.82, 2.24) is 0 Å². The van der Waals surface area contributed by atoms with Crippen LogP contribution in [0.15, 0.2) is 60.3 Å². The maximum Gasteiger partial charge on any atom is 0.127 e. The summed E-state index contributed by atoms with van der Waals surface area (Å²) in [7, 11) is 3.45. The third-order valence-electron chi connectivity index (χ3n) is 6.56. The largest absolute Gasteiger partial charge is 0.496 e. The van der Waals surface area contributed by atoms with Crippen molar-refractivity contribution in [3.05, 3.63) is 77.0 Å². The van der Waals surface area contributed by atoms with Gasteiger partial charge in [0.25, 0.3) is 0 Å². The van der Waals surface area contributed by atoms with E-state index in [2.05, 4.69) is 108 Å². The molecular weight excluding hydrogens is 430 g/mol. The van der Waals surface area contributed by atoms with Crippen LogP contribution >= 0.6 is 0 Å². The van der Waals surface area contributed by atoms with Gasteiger partial charge in [-0.15, -0.1) is 0 Å². The third kappa shape index (κ3) is 7.27. The van der Waals surface area contributed by atoms with Crippen molar-refractivity contribution in [3.63, 3.8) is 0 Å². The monoisotopic (exact) mass is 475 g/mol. The average molecular weight is 476 g/mol. The molecule has 0 saturated heterocycles. The molecular formula is C32H45NO2. The molecule has 190 valence electrons. The van der Waals surface area contributed by atoms with Gasteiger partial charge < -0.3 is 14.4 Å².